The quantitative estimate of drug-likeness (QED) is 0.742. The maximum Gasteiger partial charge on any atom is 0.218 e. The van der Waals surface area contributed by atoms with E-state index < -0.39 is 0 Å². The molecule has 2 aromatic heterocycles. The zero-order chi connectivity index (χ0) is 14.4. The van der Waals surface area contributed by atoms with Crippen LogP contribution in [0.25, 0.3) is 0 Å². The van der Waals surface area contributed by atoms with Crippen molar-refractivity contribution in [3.63, 3.8) is 0 Å². The van der Waals surface area contributed by atoms with E-state index in [1.807, 2.05) is 31.1 Å². The number of nitrogens with zero attached hydrogens (tertiary/aromatic N) is 5. The Hall–Kier alpha value is -2.55. The average molecular weight is 271 g/mol. The molecule has 0 atom stereocenters. The predicted octanol–water partition coefficient (Wildman–Crippen LogP) is 1.34. The van der Waals surface area contributed by atoms with Crippen molar-refractivity contribution in [2.45, 2.75) is 20.0 Å². The van der Waals surface area contributed by atoms with Gasteiger partial charge in [0.15, 0.2) is 0 Å². The fraction of sp³-hybridized carbons (Fsp3) is 0.357. The molecule has 2 aromatic rings. The molecule has 0 amide bonds. The van der Waals surface area contributed by atoms with Crippen LogP contribution >= 0.6 is 0 Å². The van der Waals surface area contributed by atoms with Gasteiger partial charge in [-0.15, -0.1) is 6.42 Å². The molecular formula is C14H17N5O. The van der Waals surface area contributed by atoms with Crippen LogP contribution in [0.4, 0.5) is 5.82 Å². The molecule has 2 heterocycles. The molecule has 20 heavy (non-hydrogen) atoms. The highest BCUT2D eigenvalue weighted by molar-refractivity contribution is 5.40. The van der Waals surface area contributed by atoms with Gasteiger partial charge in [-0.2, -0.15) is 5.10 Å². The monoisotopic (exact) mass is 271 g/mol. The Balaban J connectivity index is 2.05. The largest absolute Gasteiger partial charge is 0.478 e. The summed E-state index contributed by atoms with van der Waals surface area (Å²) in [7, 11) is 1.95. The SMILES string of the molecule is C#CCn1cc(CN(C)c2cc(OCC)ncn2)cn1. The third-order valence-corrected chi connectivity index (χ3v) is 2.67. The highest BCUT2D eigenvalue weighted by atomic mass is 16.5. The third-order valence-electron chi connectivity index (χ3n) is 2.67. The minimum Gasteiger partial charge on any atom is -0.478 e. The molecule has 104 valence electrons. The van der Waals surface area contributed by atoms with E-state index >= 15 is 0 Å². The van der Waals surface area contributed by atoms with Crippen LogP contribution in [0.3, 0.4) is 0 Å². The Morgan fingerprint density at radius 2 is 2.30 bits per heavy atom. The second-order valence-corrected chi connectivity index (χ2v) is 4.25. The first-order chi connectivity index (χ1) is 9.72. The number of hydrogen-bond acceptors (Lipinski definition) is 5. The number of aromatic nitrogens is 4. The summed E-state index contributed by atoms with van der Waals surface area (Å²) in [6, 6.07) is 1.81. The molecule has 0 radical (unpaired) electrons. The maximum absolute atomic E-state index is 5.37. The molecule has 0 saturated carbocycles. The zero-order valence-corrected chi connectivity index (χ0v) is 11.7. The number of terminal acetylenes is 1. The van der Waals surface area contributed by atoms with Crippen molar-refractivity contribution in [2.75, 3.05) is 18.6 Å². The molecule has 0 spiro atoms. The molecule has 0 aromatic carbocycles. The Morgan fingerprint density at radius 3 is 3.05 bits per heavy atom. The van der Waals surface area contributed by atoms with Gasteiger partial charge >= 0.3 is 0 Å². The van der Waals surface area contributed by atoms with E-state index in [1.165, 1.54) is 6.33 Å². The lowest BCUT2D eigenvalue weighted by Gasteiger charge is -2.17. The van der Waals surface area contributed by atoms with Crippen molar-refractivity contribution < 1.29 is 4.74 Å². The minimum atomic E-state index is 0.478. The molecule has 0 saturated heterocycles. The van der Waals surface area contributed by atoms with Gasteiger partial charge in [-0.1, -0.05) is 5.92 Å². The standard InChI is InChI=1S/C14H17N5O/c1-4-6-19-10-12(8-17-19)9-18(3)13-7-14(20-5-2)16-11-15-13/h1,7-8,10-11H,5-6,9H2,2-3H3. The number of hydrogen-bond donors (Lipinski definition) is 0. The predicted molar refractivity (Wildman–Crippen MR) is 76.4 cm³/mol. The summed E-state index contributed by atoms with van der Waals surface area (Å²) < 4.78 is 7.10. The van der Waals surface area contributed by atoms with Crippen LogP contribution in [0, 0.1) is 12.3 Å². The van der Waals surface area contributed by atoms with E-state index in [2.05, 4.69) is 21.0 Å². The van der Waals surface area contributed by atoms with Gasteiger partial charge in [-0.05, 0) is 6.92 Å². The van der Waals surface area contributed by atoms with Gasteiger partial charge in [-0.25, -0.2) is 9.97 Å². The first-order valence-electron chi connectivity index (χ1n) is 6.33. The van der Waals surface area contributed by atoms with Gasteiger partial charge < -0.3 is 9.64 Å². The van der Waals surface area contributed by atoms with Crippen molar-refractivity contribution >= 4 is 5.82 Å². The molecule has 0 N–H and O–H groups in total. The normalized spacial score (nSPS) is 10.1. The van der Waals surface area contributed by atoms with Crippen LogP contribution in [0.2, 0.25) is 0 Å². The van der Waals surface area contributed by atoms with Crippen LogP contribution in [0.1, 0.15) is 12.5 Å². The minimum absolute atomic E-state index is 0.478. The van der Waals surface area contributed by atoms with Gasteiger partial charge in [0.2, 0.25) is 5.88 Å². The summed E-state index contributed by atoms with van der Waals surface area (Å²) in [5.74, 6) is 3.93. The number of anilines is 1. The van der Waals surface area contributed by atoms with Crippen LogP contribution < -0.4 is 9.64 Å². The molecule has 0 aliphatic rings. The summed E-state index contributed by atoms with van der Waals surface area (Å²) in [5.41, 5.74) is 1.07. The Morgan fingerprint density at radius 1 is 1.45 bits per heavy atom. The van der Waals surface area contributed by atoms with E-state index in [9.17, 15) is 0 Å². The van der Waals surface area contributed by atoms with Crippen LogP contribution in [0.5, 0.6) is 5.88 Å². The summed E-state index contributed by atoms with van der Waals surface area (Å²) in [5, 5.41) is 4.19. The summed E-state index contributed by atoms with van der Waals surface area (Å²) in [4.78, 5) is 10.3. The van der Waals surface area contributed by atoms with E-state index in [1.54, 1.807) is 10.9 Å². The Bertz CT molecular complexity index is 602. The third kappa shape index (κ3) is 3.48. The van der Waals surface area contributed by atoms with Gasteiger partial charge in [0.05, 0.1) is 12.8 Å². The fourth-order valence-electron chi connectivity index (χ4n) is 1.79. The molecule has 6 nitrogen and oxygen atoms in total. The molecule has 0 aliphatic carbocycles. The smallest absolute Gasteiger partial charge is 0.218 e. The highest BCUT2D eigenvalue weighted by Crippen LogP contribution is 2.16. The van der Waals surface area contributed by atoms with E-state index in [4.69, 9.17) is 11.2 Å². The Kier molecular flexibility index (Phi) is 4.56. The van der Waals surface area contributed by atoms with E-state index in [-0.39, 0.29) is 0 Å². The van der Waals surface area contributed by atoms with Crippen LogP contribution in [0.15, 0.2) is 24.8 Å². The van der Waals surface area contributed by atoms with Crippen molar-refractivity contribution in [1.29, 1.82) is 0 Å². The summed E-state index contributed by atoms with van der Waals surface area (Å²) in [6.07, 6.45) is 10.5. The number of ether oxygens (including phenoxy) is 1. The Labute approximate surface area is 118 Å². The maximum atomic E-state index is 5.37. The molecule has 0 unspecified atom stereocenters. The van der Waals surface area contributed by atoms with E-state index in [0.29, 0.717) is 25.6 Å². The van der Waals surface area contributed by atoms with Crippen molar-refractivity contribution in [2.24, 2.45) is 0 Å². The fourth-order valence-corrected chi connectivity index (χ4v) is 1.79. The van der Waals surface area contributed by atoms with E-state index in [0.717, 1.165) is 11.4 Å². The van der Waals surface area contributed by atoms with Crippen molar-refractivity contribution in [3.05, 3.63) is 30.4 Å². The lowest BCUT2D eigenvalue weighted by Crippen LogP contribution is -2.17. The average Bonchev–Trinajstić information content (AvgIpc) is 2.87. The molecule has 2 rings (SSSR count). The molecule has 0 fully saturated rings. The summed E-state index contributed by atoms with van der Waals surface area (Å²) in [6.45, 7) is 3.67. The summed E-state index contributed by atoms with van der Waals surface area (Å²) >= 11 is 0. The molecule has 6 heteroatoms. The van der Waals surface area contributed by atoms with Crippen LogP contribution in [-0.4, -0.2) is 33.4 Å². The topological polar surface area (TPSA) is 56.1 Å². The second-order valence-electron chi connectivity index (χ2n) is 4.25. The first-order valence-corrected chi connectivity index (χ1v) is 6.33. The lowest BCUT2D eigenvalue weighted by molar-refractivity contribution is 0.326. The van der Waals surface area contributed by atoms with Gasteiger partial charge in [0.25, 0.3) is 0 Å². The lowest BCUT2D eigenvalue weighted by atomic mass is 10.3. The molecule has 0 aliphatic heterocycles. The number of rotatable bonds is 6. The first kappa shape index (κ1) is 13.9. The second kappa shape index (κ2) is 6.57. The van der Waals surface area contributed by atoms with Crippen LogP contribution in [-0.2, 0) is 13.1 Å². The van der Waals surface area contributed by atoms with Crippen molar-refractivity contribution in [3.8, 4) is 18.2 Å². The highest BCUT2D eigenvalue weighted by Gasteiger charge is 2.07. The zero-order valence-electron chi connectivity index (χ0n) is 11.7. The molecule has 0 bridgehead atoms. The van der Waals surface area contributed by atoms with Gasteiger partial charge in [0, 0.05) is 31.4 Å². The molecular weight excluding hydrogens is 254 g/mol. The van der Waals surface area contributed by atoms with Gasteiger partial charge in [-0.3, -0.25) is 4.68 Å². The van der Waals surface area contributed by atoms with Crippen molar-refractivity contribution in [1.82, 2.24) is 19.7 Å². The van der Waals surface area contributed by atoms with Gasteiger partial charge in [0.1, 0.15) is 18.7 Å².